The minimum Gasteiger partial charge on any atom is -0.395 e. The van der Waals surface area contributed by atoms with Gasteiger partial charge in [-0.15, -0.1) is 0 Å². The Labute approximate surface area is 93.6 Å². The van der Waals surface area contributed by atoms with Gasteiger partial charge in [-0.25, -0.2) is 0 Å². The van der Waals surface area contributed by atoms with Crippen LogP contribution in [0.15, 0.2) is 18.2 Å². The zero-order valence-electron chi connectivity index (χ0n) is 9.30. The molecular weight excluding hydrogens is 210 g/mol. The molecule has 1 rings (SSSR count). The Balaban J connectivity index is 3.06. The van der Waals surface area contributed by atoms with E-state index < -0.39 is 4.92 Å². The monoisotopic (exact) mass is 225 g/mol. The molecule has 0 atom stereocenters. The molecule has 6 nitrogen and oxygen atoms in total. The van der Waals surface area contributed by atoms with Crippen LogP contribution in [0.5, 0.6) is 0 Å². The van der Waals surface area contributed by atoms with E-state index in [1.165, 1.54) is 6.07 Å². The van der Waals surface area contributed by atoms with Crippen molar-refractivity contribution in [3.63, 3.8) is 0 Å². The van der Waals surface area contributed by atoms with Gasteiger partial charge in [0.25, 0.3) is 5.69 Å². The van der Waals surface area contributed by atoms with Crippen LogP contribution in [0.4, 0.5) is 17.1 Å². The lowest BCUT2D eigenvalue weighted by atomic mass is 10.2. The van der Waals surface area contributed by atoms with Gasteiger partial charge in [0.2, 0.25) is 0 Å². The first-order valence-corrected chi connectivity index (χ1v) is 4.88. The average molecular weight is 225 g/mol. The molecule has 0 heterocycles. The first kappa shape index (κ1) is 12.3. The molecular formula is C10H15N3O3. The van der Waals surface area contributed by atoms with Crippen LogP contribution in [-0.4, -0.2) is 37.3 Å². The second-order valence-electron chi connectivity index (χ2n) is 3.35. The number of anilines is 2. The topological polar surface area (TPSA) is 78.6 Å². The number of benzene rings is 1. The number of aliphatic hydroxyl groups excluding tert-OH is 1. The maximum Gasteiger partial charge on any atom is 0.294 e. The molecule has 0 saturated carbocycles. The summed E-state index contributed by atoms with van der Waals surface area (Å²) in [6.45, 7) is 0.453. The van der Waals surface area contributed by atoms with Gasteiger partial charge in [0.05, 0.1) is 11.5 Å². The largest absolute Gasteiger partial charge is 0.395 e. The van der Waals surface area contributed by atoms with Crippen LogP contribution in [-0.2, 0) is 0 Å². The highest BCUT2D eigenvalue weighted by Gasteiger charge is 2.14. The summed E-state index contributed by atoms with van der Waals surface area (Å²) >= 11 is 0. The molecule has 0 amide bonds. The lowest BCUT2D eigenvalue weighted by Gasteiger charge is -2.18. The summed E-state index contributed by atoms with van der Waals surface area (Å²) in [7, 11) is 3.41. The fraction of sp³-hybridized carbons (Fsp3) is 0.400. The Bertz CT molecular complexity index is 382. The Morgan fingerprint density at radius 2 is 2.25 bits per heavy atom. The predicted molar refractivity (Wildman–Crippen MR) is 63.0 cm³/mol. The lowest BCUT2D eigenvalue weighted by molar-refractivity contribution is -0.383. The van der Waals surface area contributed by atoms with E-state index in [4.69, 9.17) is 5.11 Å². The van der Waals surface area contributed by atoms with E-state index in [0.29, 0.717) is 17.9 Å². The first-order chi connectivity index (χ1) is 7.60. The summed E-state index contributed by atoms with van der Waals surface area (Å²) in [5.74, 6) is 0. The fourth-order valence-electron chi connectivity index (χ4n) is 1.40. The van der Waals surface area contributed by atoms with Gasteiger partial charge < -0.3 is 15.3 Å². The quantitative estimate of drug-likeness (QED) is 0.578. The molecule has 16 heavy (non-hydrogen) atoms. The number of rotatable bonds is 5. The van der Waals surface area contributed by atoms with Crippen LogP contribution in [0, 0.1) is 10.1 Å². The van der Waals surface area contributed by atoms with Crippen molar-refractivity contribution < 1.29 is 10.0 Å². The number of nitro benzene ring substituents is 1. The van der Waals surface area contributed by atoms with Crippen LogP contribution < -0.4 is 10.2 Å². The summed E-state index contributed by atoms with van der Waals surface area (Å²) in [5.41, 5.74) is 1.22. The molecule has 0 bridgehead atoms. The van der Waals surface area contributed by atoms with Crippen molar-refractivity contribution in [3.8, 4) is 0 Å². The summed E-state index contributed by atoms with van der Waals surface area (Å²) in [6.07, 6.45) is 0. The number of nitrogens with one attached hydrogen (secondary N) is 1. The second kappa shape index (κ2) is 5.32. The van der Waals surface area contributed by atoms with E-state index >= 15 is 0 Å². The molecule has 0 fully saturated rings. The van der Waals surface area contributed by atoms with E-state index in [1.807, 2.05) is 0 Å². The average Bonchev–Trinajstić information content (AvgIpc) is 2.28. The molecule has 0 spiro atoms. The van der Waals surface area contributed by atoms with Gasteiger partial charge in [0, 0.05) is 32.4 Å². The van der Waals surface area contributed by atoms with Gasteiger partial charge in [-0.3, -0.25) is 10.1 Å². The standard InChI is InChI=1S/C10H15N3O3/c1-11-9-4-3-8(12(2)5-6-14)7-10(9)13(15)16/h3-4,7,11,14H,5-6H2,1-2H3. The van der Waals surface area contributed by atoms with Gasteiger partial charge >= 0.3 is 0 Å². The van der Waals surface area contributed by atoms with Crippen molar-refractivity contribution in [1.29, 1.82) is 0 Å². The van der Waals surface area contributed by atoms with Gasteiger partial charge in [0.1, 0.15) is 5.69 Å². The van der Waals surface area contributed by atoms with E-state index in [-0.39, 0.29) is 12.3 Å². The summed E-state index contributed by atoms with van der Waals surface area (Å²) in [5, 5.41) is 22.4. The van der Waals surface area contributed by atoms with Crippen molar-refractivity contribution in [3.05, 3.63) is 28.3 Å². The van der Waals surface area contributed by atoms with Gasteiger partial charge in [-0.1, -0.05) is 0 Å². The zero-order chi connectivity index (χ0) is 12.1. The van der Waals surface area contributed by atoms with Crippen molar-refractivity contribution in [2.45, 2.75) is 0 Å². The fourth-order valence-corrected chi connectivity index (χ4v) is 1.40. The number of aliphatic hydroxyl groups is 1. The highest BCUT2D eigenvalue weighted by molar-refractivity contribution is 5.68. The highest BCUT2D eigenvalue weighted by Crippen LogP contribution is 2.28. The van der Waals surface area contributed by atoms with E-state index in [2.05, 4.69) is 5.32 Å². The number of nitrogens with zero attached hydrogens (tertiary/aromatic N) is 2. The smallest absolute Gasteiger partial charge is 0.294 e. The predicted octanol–water partition coefficient (Wildman–Crippen LogP) is 1.06. The Hall–Kier alpha value is -1.82. The van der Waals surface area contributed by atoms with Gasteiger partial charge in [-0.05, 0) is 12.1 Å². The maximum atomic E-state index is 10.8. The van der Waals surface area contributed by atoms with E-state index in [1.54, 1.807) is 31.1 Å². The minimum atomic E-state index is -0.428. The summed E-state index contributed by atoms with van der Waals surface area (Å²) < 4.78 is 0. The molecule has 0 radical (unpaired) electrons. The van der Waals surface area contributed by atoms with Crippen molar-refractivity contribution in [2.24, 2.45) is 0 Å². The highest BCUT2D eigenvalue weighted by atomic mass is 16.6. The molecule has 1 aromatic rings. The summed E-state index contributed by atoms with van der Waals surface area (Å²) in [4.78, 5) is 12.1. The van der Waals surface area contributed by atoms with E-state index in [0.717, 1.165) is 0 Å². The summed E-state index contributed by atoms with van der Waals surface area (Å²) in [6, 6.07) is 4.91. The van der Waals surface area contributed by atoms with Gasteiger partial charge in [0.15, 0.2) is 0 Å². The van der Waals surface area contributed by atoms with Crippen LogP contribution in [0.25, 0.3) is 0 Å². The van der Waals surface area contributed by atoms with Crippen LogP contribution in [0.3, 0.4) is 0 Å². The third-order valence-corrected chi connectivity index (χ3v) is 2.32. The van der Waals surface area contributed by atoms with Gasteiger partial charge in [-0.2, -0.15) is 0 Å². The minimum absolute atomic E-state index is 0.0120. The number of nitro groups is 1. The molecule has 0 saturated heterocycles. The normalized spacial score (nSPS) is 9.94. The number of likely N-dealkylation sites (N-methyl/N-ethyl adjacent to an activating group) is 1. The molecule has 0 unspecified atom stereocenters. The Kier molecular flexibility index (Phi) is 4.07. The molecule has 0 aliphatic heterocycles. The van der Waals surface area contributed by atoms with Crippen molar-refractivity contribution in [1.82, 2.24) is 0 Å². The molecule has 0 aliphatic carbocycles. The van der Waals surface area contributed by atoms with Crippen molar-refractivity contribution >= 4 is 17.1 Å². The lowest BCUT2D eigenvalue weighted by Crippen LogP contribution is -2.21. The van der Waals surface area contributed by atoms with Crippen molar-refractivity contribution in [2.75, 3.05) is 37.5 Å². The molecule has 0 aliphatic rings. The maximum absolute atomic E-state index is 10.8. The second-order valence-corrected chi connectivity index (χ2v) is 3.35. The molecule has 1 aromatic carbocycles. The zero-order valence-corrected chi connectivity index (χ0v) is 9.30. The Morgan fingerprint density at radius 3 is 2.75 bits per heavy atom. The van der Waals surface area contributed by atoms with Crippen LogP contribution in [0.1, 0.15) is 0 Å². The van der Waals surface area contributed by atoms with Crippen LogP contribution >= 0.6 is 0 Å². The number of hydrogen-bond donors (Lipinski definition) is 2. The SMILES string of the molecule is CNc1ccc(N(C)CCO)cc1[N+](=O)[O-]. The Morgan fingerprint density at radius 1 is 1.56 bits per heavy atom. The molecule has 0 aromatic heterocycles. The molecule has 6 heteroatoms. The molecule has 88 valence electrons. The molecule has 2 N–H and O–H groups in total. The first-order valence-electron chi connectivity index (χ1n) is 4.88. The third kappa shape index (κ3) is 2.60. The van der Waals surface area contributed by atoms with Crippen LogP contribution in [0.2, 0.25) is 0 Å². The third-order valence-electron chi connectivity index (χ3n) is 2.32. The number of hydrogen-bond acceptors (Lipinski definition) is 5. The van der Waals surface area contributed by atoms with E-state index in [9.17, 15) is 10.1 Å².